The third-order valence-electron chi connectivity index (χ3n) is 4.81. The van der Waals surface area contributed by atoms with Crippen LogP contribution in [0.3, 0.4) is 0 Å². The first-order chi connectivity index (χ1) is 12.9. The molecular weight excluding hydrogens is 340 g/mol. The van der Waals surface area contributed by atoms with Crippen LogP contribution in [-0.4, -0.2) is 39.4 Å². The fourth-order valence-electron chi connectivity index (χ4n) is 3.32. The third-order valence-corrected chi connectivity index (χ3v) is 4.81. The van der Waals surface area contributed by atoms with Crippen LogP contribution in [0.25, 0.3) is 11.3 Å². The van der Waals surface area contributed by atoms with E-state index in [2.05, 4.69) is 31.1 Å². The summed E-state index contributed by atoms with van der Waals surface area (Å²) in [5, 5.41) is 2.93. The molecular formula is C21H28N4O2. The van der Waals surface area contributed by atoms with Crippen LogP contribution in [0.4, 0.5) is 0 Å². The molecule has 0 spiro atoms. The second-order valence-corrected chi connectivity index (χ2v) is 7.54. The van der Waals surface area contributed by atoms with Gasteiger partial charge in [-0.1, -0.05) is 39.3 Å². The number of nitrogens with zero attached hydrogens (tertiary/aromatic N) is 3. The van der Waals surface area contributed by atoms with Gasteiger partial charge in [-0.05, 0) is 31.4 Å². The van der Waals surface area contributed by atoms with Gasteiger partial charge in [-0.25, -0.2) is 4.98 Å². The summed E-state index contributed by atoms with van der Waals surface area (Å²) in [4.78, 5) is 31.1. The Kier molecular flexibility index (Phi) is 5.63. The van der Waals surface area contributed by atoms with Crippen molar-refractivity contribution in [1.82, 2.24) is 19.8 Å². The van der Waals surface area contributed by atoms with E-state index < -0.39 is 0 Å². The summed E-state index contributed by atoms with van der Waals surface area (Å²) in [5.74, 6) is 0.865. The largest absolute Gasteiger partial charge is 0.352 e. The SMILES string of the molecule is CCCCN1Cn2c(nc(C)c2-c2ccc(C(=O)NCC(C)C)cc2)C1=O. The van der Waals surface area contributed by atoms with Crippen LogP contribution in [0.1, 0.15) is 60.3 Å². The molecule has 144 valence electrons. The molecule has 2 aromatic rings. The fraction of sp³-hybridized carbons (Fsp3) is 0.476. The quantitative estimate of drug-likeness (QED) is 0.814. The average Bonchev–Trinajstić information content (AvgIpc) is 3.13. The standard InChI is InChI=1S/C21H28N4O2/c1-5-6-11-24-13-25-18(15(4)23-19(25)21(24)27)16-7-9-17(10-8-16)20(26)22-12-14(2)3/h7-10,14H,5-6,11-13H2,1-4H3,(H,22,26). The van der Waals surface area contributed by atoms with Gasteiger partial charge in [0.05, 0.1) is 18.1 Å². The zero-order chi connectivity index (χ0) is 19.6. The second kappa shape index (κ2) is 7.94. The van der Waals surface area contributed by atoms with Crippen molar-refractivity contribution in [2.24, 2.45) is 5.92 Å². The maximum Gasteiger partial charge on any atom is 0.291 e. The number of nitrogens with one attached hydrogen (secondary N) is 1. The summed E-state index contributed by atoms with van der Waals surface area (Å²) in [6.45, 7) is 10.1. The molecule has 1 aromatic heterocycles. The smallest absolute Gasteiger partial charge is 0.291 e. The molecule has 3 rings (SSSR count). The van der Waals surface area contributed by atoms with E-state index in [0.717, 1.165) is 36.3 Å². The molecule has 2 amide bonds. The molecule has 2 heterocycles. The van der Waals surface area contributed by atoms with E-state index >= 15 is 0 Å². The number of hydrogen-bond acceptors (Lipinski definition) is 3. The van der Waals surface area contributed by atoms with Crippen LogP contribution in [0.15, 0.2) is 24.3 Å². The first-order valence-corrected chi connectivity index (χ1v) is 9.67. The first-order valence-electron chi connectivity index (χ1n) is 9.67. The minimum Gasteiger partial charge on any atom is -0.352 e. The Hall–Kier alpha value is -2.63. The lowest BCUT2D eigenvalue weighted by atomic mass is 10.1. The van der Waals surface area contributed by atoms with E-state index in [0.29, 0.717) is 30.5 Å². The Morgan fingerprint density at radius 2 is 1.96 bits per heavy atom. The molecule has 0 radical (unpaired) electrons. The van der Waals surface area contributed by atoms with Crippen molar-refractivity contribution >= 4 is 11.8 Å². The van der Waals surface area contributed by atoms with Crippen LogP contribution in [0.2, 0.25) is 0 Å². The topological polar surface area (TPSA) is 67.2 Å². The maximum atomic E-state index is 12.6. The van der Waals surface area contributed by atoms with Gasteiger partial charge in [0.15, 0.2) is 0 Å². The zero-order valence-electron chi connectivity index (χ0n) is 16.6. The van der Waals surface area contributed by atoms with Crippen molar-refractivity contribution in [2.45, 2.75) is 47.2 Å². The van der Waals surface area contributed by atoms with Crippen molar-refractivity contribution in [3.05, 3.63) is 41.3 Å². The summed E-state index contributed by atoms with van der Waals surface area (Å²) in [5.41, 5.74) is 3.40. The van der Waals surface area contributed by atoms with E-state index in [-0.39, 0.29) is 11.8 Å². The van der Waals surface area contributed by atoms with Crippen LogP contribution in [0, 0.1) is 12.8 Å². The van der Waals surface area contributed by atoms with E-state index in [4.69, 9.17) is 0 Å². The van der Waals surface area contributed by atoms with Gasteiger partial charge < -0.3 is 14.8 Å². The lowest BCUT2D eigenvalue weighted by Crippen LogP contribution is -2.27. The molecule has 6 nitrogen and oxygen atoms in total. The molecule has 0 saturated carbocycles. The summed E-state index contributed by atoms with van der Waals surface area (Å²) in [6, 6.07) is 7.52. The normalized spacial score (nSPS) is 13.4. The summed E-state index contributed by atoms with van der Waals surface area (Å²) < 4.78 is 1.99. The molecule has 1 aliphatic heterocycles. The fourth-order valence-corrected chi connectivity index (χ4v) is 3.32. The molecule has 0 aliphatic carbocycles. The highest BCUT2D eigenvalue weighted by Crippen LogP contribution is 2.29. The number of carbonyl (C=O) groups excluding carboxylic acids is 2. The number of amides is 2. The molecule has 1 aliphatic rings. The van der Waals surface area contributed by atoms with Gasteiger partial charge in [-0.2, -0.15) is 0 Å². The van der Waals surface area contributed by atoms with Crippen LogP contribution < -0.4 is 5.32 Å². The minimum atomic E-state index is -0.0635. The van der Waals surface area contributed by atoms with Gasteiger partial charge in [0, 0.05) is 24.2 Å². The van der Waals surface area contributed by atoms with Gasteiger partial charge >= 0.3 is 0 Å². The maximum absolute atomic E-state index is 12.6. The van der Waals surface area contributed by atoms with Gasteiger partial charge in [0.25, 0.3) is 11.8 Å². The number of unbranched alkanes of at least 4 members (excludes halogenated alkanes) is 1. The van der Waals surface area contributed by atoms with Crippen molar-refractivity contribution in [1.29, 1.82) is 0 Å². The number of carbonyl (C=O) groups is 2. The predicted molar refractivity (Wildman–Crippen MR) is 106 cm³/mol. The van der Waals surface area contributed by atoms with Crippen LogP contribution in [-0.2, 0) is 6.67 Å². The van der Waals surface area contributed by atoms with E-state index in [1.807, 2.05) is 40.7 Å². The highest BCUT2D eigenvalue weighted by Gasteiger charge is 2.32. The monoisotopic (exact) mass is 368 g/mol. The zero-order valence-corrected chi connectivity index (χ0v) is 16.6. The molecule has 0 atom stereocenters. The number of benzene rings is 1. The number of imidazole rings is 1. The first kappa shape index (κ1) is 19.1. The van der Waals surface area contributed by atoms with Crippen molar-refractivity contribution in [3.8, 4) is 11.3 Å². The van der Waals surface area contributed by atoms with Gasteiger partial charge in [0.1, 0.15) is 0 Å². The molecule has 0 bridgehead atoms. The van der Waals surface area contributed by atoms with Crippen molar-refractivity contribution in [3.63, 3.8) is 0 Å². The summed E-state index contributed by atoms with van der Waals surface area (Å²) >= 11 is 0. The summed E-state index contributed by atoms with van der Waals surface area (Å²) in [6.07, 6.45) is 2.05. The Morgan fingerprint density at radius 3 is 2.59 bits per heavy atom. The van der Waals surface area contributed by atoms with Crippen molar-refractivity contribution in [2.75, 3.05) is 13.1 Å². The summed E-state index contributed by atoms with van der Waals surface area (Å²) in [7, 11) is 0. The number of fused-ring (bicyclic) bond motifs is 1. The van der Waals surface area contributed by atoms with Crippen molar-refractivity contribution < 1.29 is 9.59 Å². The van der Waals surface area contributed by atoms with E-state index in [9.17, 15) is 9.59 Å². The lowest BCUT2D eigenvalue weighted by molar-refractivity contribution is 0.0763. The highest BCUT2D eigenvalue weighted by molar-refractivity contribution is 5.95. The molecule has 6 heteroatoms. The van der Waals surface area contributed by atoms with E-state index in [1.54, 1.807) is 0 Å². The van der Waals surface area contributed by atoms with Crippen LogP contribution in [0.5, 0.6) is 0 Å². The molecule has 0 fully saturated rings. The molecule has 27 heavy (non-hydrogen) atoms. The van der Waals surface area contributed by atoms with Gasteiger partial charge in [0.2, 0.25) is 5.82 Å². The number of aryl methyl sites for hydroxylation is 1. The number of aromatic nitrogens is 2. The average molecular weight is 368 g/mol. The Balaban J connectivity index is 1.81. The third kappa shape index (κ3) is 3.89. The Labute approximate surface area is 160 Å². The van der Waals surface area contributed by atoms with Gasteiger partial charge in [-0.15, -0.1) is 0 Å². The molecule has 1 aromatic carbocycles. The molecule has 1 N–H and O–H groups in total. The van der Waals surface area contributed by atoms with Crippen LogP contribution >= 0.6 is 0 Å². The Bertz CT molecular complexity index is 837. The molecule has 0 saturated heterocycles. The number of hydrogen-bond donors (Lipinski definition) is 1. The number of rotatable bonds is 7. The molecule has 0 unspecified atom stereocenters. The second-order valence-electron chi connectivity index (χ2n) is 7.54. The predicted octanol–water partition coefficient (Wildman–Crippen LogP) is 3.46. The van der Waals surface area contributed by atoms with E-state index in [1.165, 1.54) is 0 Å². The lowest BCUT2D eigenvalue weighted by Gasteiger charge is -2.15. The highest BCUT2D eigenvalue weighted by atomic mass is 16.2. The van der Waals surface area contributed by atoms with Gasteiger partial charge in [-0.3, -0.25) is 9.59 Å². The Morgan fingerprint density at radius 1 is 1.26 bits per heavy atom. The minimum absolute atomic E-state index is 0.00230.